The number of rotatable bonds is 3. The number of halogens is 1. The fourth-order valence-corrected chi connectivity index (χ4v) is 8.54. The minimum atomic E-state index is -1.64. The summed E-state index contributed by atoms with van der Waals surface area (Å²) in [6.45, 7) is 14.0. The van der Waals surface area contributed by atoms with Crippen LogP contribution in [-0.4, -0.2) is 8.07 Å². The third-order valence-corrected chi connectivity index (χ3v) is 10.6. The van der Waals surface area contributed by atoms with E-state index in [2.05, 4.69) is 59.1 Å². The predicted octanol–water partition coefficient (Wildman–Crippen LogP) is 5.71. The average Bonchev–Trinajstić information content (AvgIpc) is 2.28. The van der Waals surface area contributed by atoms with Crippen LogP contribution in [0.15, 0.2) is 18.2 Å². The van der Waals surface area contributed by atoms with Gasteiger partial charge in [0.1, 0.15) is 8.07 Å². The maximum Gasteiger partial charge on any atom is 0.146 e. The summed E-state index contributed by atoms with van der Waals surface area (Å²) in [6, 6.07) is 8.67. The highest BCUT2D eigenvalue weighted by Gasteiger charge is 2.41. The Morgan fingerprint density at radius 2 is 1.58 bits per heavy atom. The topological polar surface area (TPSA) is 0 Å². The van der Waals surface area contributed by atoms with E-state index in [1.165, 1.54) is 0 Å². The molecule has 0 fully saturated rings. The molecule has 2 heteroatoms. The molecule has 0 nitrogen and oxygen atoms in total. The van der Waals surface area contributed by atoms with E-state index in [1.807, 2.05) is 18.2 Å². The molecule has 0 saturated carbocycles. The van der Waals surface area contributed by atoms with E-state index >= 15 is 0 Å². The zero-order valence-electron chi connectivity index (χ0n) is 12.8. The third kappa shape index (κ3) is 3.65. The van der Waals surface area contributed by atoms with Crippen molar-refractivity contribution >= 4 is 19.7 Å². The fraction of sp³-hybridized carbons (Fsp3) is 0.529. The summed E-state index contributed by atoms with van der Waals surface area (Å²) in [5.74, 6) is 3.38. The van der Waals surface area contributed by atoms with E-state index in [0.717, 1.165) is 5.56 Å². The van der Waals surface area contributed by atoms with Crippen molar-refractivity contribution in [3.8, 4) is 11.5 Å². The van der Waals surface area contributed by atoms with E-state index in [1.54, 1.807) is 0 Å². The van der Waals surface area contributed by atoms with Crippen molar-refractivity contribution in [1.82, 2.24) is 0 Å². The van der Waals surface area contributed by atoms with E-state index in [0.29, 0.717) is 21.6 Å². The van der Waals surface area contributed by atoms with Crippen molar-refractivity contribution in [2.45, 2.75) is 58.2 Å². The molecule has 1 aromatic carbocycles. The molecular weight excluding hydrogens is 268 g/mol. The molecule has 1 radical (unpaired) electrons. The summed E-state index contributed by atoms with van der Waals surface area (Å²) in [7, 11) is -1.64. The Kier molecular flexibility index (Phi) is 5.71. The first-order chi connectivity index (χ1) is 8.80. The average molecular weight is 292 g/mol. The molecule has 0 bridgehead atoms. The Labute approximate surface area is 124 Å². The lowest BCUT2D eigenvalue weighted by atomic mass is 10.2. The summed E-state index contributed by atoms with van der Waals surface area (Å²) in [6.07, 6.45) is 0. The molecule has 103 valence electrons. The van der Waals surface area contributed by atoms with Gasteiger partial charge in [-0.1, -0.05) is 65.1 Å². The predicted molar refractivity (Wildman–Crippen MR) is 88.2 cm³/mol. The van der Waals surface area contributed by atoms with E-state index in [-0.39, 0.29) is 0 Å². The first-order valence-corrected chi connectivity index (χ1v) is 9.62. The largest absolute Gasteiger partial charge is 0.146 e. The summed E-state index contributed by atoms with van der Waals surface area (Å²) in [4.78, 5) is 0. The Morgan fingerprint density at radius 1 is 1.05 bits per heavy atom. The molecule has 0 saturated heterocycles. The van der Waals surface area contributed by atoms with Gasteiger partial charge in [0.25, 0.3) is 0 Å². The van der Waals surface area contributed by atoms with E-state index in [9.17, 15) is 0 Å². The van der Waals surface area contributed by atoms with Gasteiger partial charge in [0, 0.05) is 16.7 Å². The van der Waals surface area contributed by atoms with Gasteiger partial charge in [-0.25, -0.2) is 0 Å². The highest BCUT2D eigenvalue weighted by Crippen LogP contribution is 2.40. The lowest BCUT2D eigenvalue weighted by molar-refractivity contribution is 0.838. The Balaban J connectivity index is 3.23. The molecule has 0 aliphatic heterocycles. The van der Waals surface area contributed by atoms with Crippen LogP contribution in [0.2, 0.25) is 21.6 Å². The quantitative estimate of drug-likeness (QED) is 0.494. The van der Waals surface area contributed by atoms with E-state index < -0.39 is 8.07 Å². The molecule has 0 amide bonds. The van der Waals surface area contributed by atoms with Crippen molar-refractivity contribution < 1.29 is 0 Å². The lowest BCUT2D eigenvalue weighted by Gasteiger charge is -2.38. The maximum absolute atomic E-state index is 5.97. The van der Waals surface area contributed by atoms with Crippen molar-refractivity contribution in [3.05, 3.63) is 34.9 Å². The first-order valence-electron chi connectivity index (χ1n) is 7.01. The van der Waals surface area contributed by atoms with Crippen molar-refractivity contribution in [3.63, 3.8) is 0 Å². The van der Waals surface area contributed by atoms with Crippen LogP contribution in [0.4, 0.5) is 0 Å². The van der Waals surface area contributed by atoms with Crippen LogP contribution >= 0.6 is 11.6 Å². The zero-order chi connectivity index (χ0) is 14.6. The smallest absolute Gasteiger partial charge is 0.125 e. The van der Waals surface area contributed by atoms with Crippen LogP contribution in [0.1, 0.15) is 47.1 Å². The Hall–Kier alpha value is -0.713. The van der Waals surface area contributed by atoms with Crippen LogP contribution in [0.25, 0.3) is 0 Å². The minimum absolute atomic E-state index is 0.637. The van der Waals surface area contributed by atoms with Gasteiger partial charge in [-0.3, -0.25) is 0 Å². The van der Waals surface area contributed by atoms with Crippen LogP contribution < -0.4 is 0 Å². The molecule has 0 atom stereocenters. The fourth-order valence-electron chi connectivity index (χ4n) is 3.13. The van der Waals surface area contributed by atoms with E-state index in [4.69, 9.17) is 11.6 Å². The summed E-state index contributed by atoms with van der Waals surface area (Å²) < 4.78 is 0. The monoisotopic (exact) mass is 291 g/mol. The molecule has 0 N–H and O–H groups in total. The standard InChI is InChI=1S/C17H24ClSi/c1-13(2)19(14(3)4,15(5)6)11-10-16-8-7-9-17(18)12-16/h7-8,12-15H,1-6H3. The Bertz CT molecular complexity index is 456. The summed E-state index contributed by atoms with van der Waals surface area (Å²) in [5, 5.41) is 0.637. The maximum atomic E-state index is 5.97. The molecule has 19 heavy (non-hydrogen) atoms. The molecule has 0 unspecified atom stereocenters. The summed E-state index contributed by atoms with van der Waals surface area (Å²) >= 11 is 5.97. The number of hydrogen-bond acceptors (Lipinski definition) is 0. The van der Waals surface area contributed by atoms with Crippen LogP contribution in [-0.2, 0) is 0 Å². The number of hydrogen-bond donors (Lipinski definition) is 0. The van der Waals surface area contributed by atoms with Gasteiger partial charge in [-0.05, 0) is 28.8 Å². The highest BCUT2D eigenvalue weighted by atomic mass is 35.5. The second-order valence-corrected chi connectivity index (χ2v) is 12.1. The molecule has 0 heterocycles. The molecule has 1 rings (SSSR count). The van der Waals surface area contributed by atoms with Gasteiger partial charge in [0.05, 0.1) is 0 Å². The van der Waals surface area contributed by atoms with Gasteiger partial charge in [-0.15, -0.1) is 5.54 Å². The first kappa shape index (κ1) is 16.3. The second kappa shape index (κ2) is 6.64. The lowest BCUT2D eigenvalue weighted by Crippen LogP contribution is -2.43. The van der Waals surface area contributed by atoms with Crippen molar-refractivity contribution in [2.75, 3.05) is 0 Å². The normalized spacial score (nSPS) is 11.9. The molecule has 0 aromatic heterocycles. The molecule has 1 aromatic rings. The summed E-state index contributed by atoms with van der Waals surface area (Å²) in [5.41, 5.74) is 6.67. The SMILES string of the molecule is CC(C)[Si](C#Cc1cc[c]c(Cl)c1)(C(C)C)C(C)C. The van der Waals surface area contributed by atoms with Gasteiger partial charge in [0.2, 0.25) is 0 Å². The van der Waals surface area contributed by atoms with Gasteiger partial charge in [-0.2, -0.15) is 0 Å². The number of benzene rings is 1. The minimum Gasteiger partial charge on any atom is -0.125 e. The van der Waals surface area contributed by atoms with Gasteiger partial charge in [0.15, 0.2) is 0 Å². The molecular formula is C17H24ClSi. The molecule has 0 aliphatic carbocycles. The molecule has 0 aliphatic rings. The molecule has 0 spiro atoms. The zero-order valence-corrected chi connectivity index (χ0v) is 14.6. The van der Waals surface area contributed by atoms with Crippen LogP contribution in [0.3, 0.4) is 0 Å². The van der Waals surface area contributed by atoms with Crippen LogP contribution in [0, 0.1) is 17.5 Å². The van der Waals surface area contributed by atoms with Crippen molar-refractivity contribution in [1.29, 1.82) is 0 Å². The highest BCUT2D eigenvalue weighted by molar-refractivity contribution is 6.90. The third-order valence-electron chi connectivity index (χ3n) is 4.06. The van der Waals surface area contributed by atoms with Gasteiger partial charge < -0.3 is 0 Å². The van der Waals surface area contributed by atoms with Crippen molar-refractivity contribution in [2.24, 2.45) is 0 Å². The Morgan fingerprint density at radius 3 is 2.00 bits per heavy atom. The second-order valence-electron chi connectivity index (χ2n) is 6.07. The van der Waals surface area contributed by atoms with Crippen LogP contribution in [0.5, 0.6) is 0 Å². The van der Waals surface area contributed by atoms with Gasteiger partial charge >= 0.3 is 0 Å².